The highest BCUT2D eigenvalue weighted by Gasteiger charge is 2.13. The molecule has 2 rings (SSSR count). The molecular weight excluding hydrogens is 323 g/mol. The Morgan fingerprint density at radius 3 is 2.28 bits per heavy atom. The maximum absolute atomic E-state index is 12.8. The Kier molecular flexibility index (Phi) is 6.51. The number of hydrogen-bond donors (Lipinski definition) is 1. The van der Waals surface area contributed by atoms with E-state index < -0.39 is 0 Å². The van der Waals surface area contributed by atoms with E-state index in [0.717, 1.165) is 5.56 Å². The molecule has 0 aliphatic carbocycles. The van der Waals surface area contributed by atoms with Gasteiger partial charge in [0.1, 0.15) is 11.6 Å². The van der Waals surface area contributed by atoms with Gasteiger partial charge in [-0.1, -0.05) is 12.1 Å². The summed E-state index contributed by atoms with van der Waals surface area (Å²) in [5.74, 6) is 0.0662. The van der Waals surface area contributed by atoms with E-state index in [1.807, 2.05) is 0 Å². The number of carbonyl (C=O) groups excluding carboxylic acids is 2. The highest BCUT2D eigenvalue weighted by molar-refractivity contribution is 5.92. The van der Waals surface area contributed by atoms with Crippen LogP contribution in [0.3, 0.4) is 0 Å². The van der Waals surface area contributed by atoms with Crippen molar-refractivity contribution in [3.8, 4) is 5.75 Å². The molecule has 0 radical (unpaired) electrons. The average Bonchev–Trinajstić information content (AvgIpc) is 2.61. The lowest BCUT2D eigenvalue weighted by molar-refractivity contribution is -0.121. The second-order valence-corrected chi connectivity index (χ2v) is 5.52. The van der Waals surface area contributed by atoms with Gasteiger partial charge in [-0.05, 0) is 42.0 Å². The van der Waals surface area contributed by atoms with Gasteiger partial charge >= 0.3 is 0 Å². The Labute approximate surface area is 146 Å². The minimum atomic E-state index is -0.313. The third kappa shape index (κ3) is 5.60. The number of benzene rings is 2. The number of hydrogen-bond acceptors (Lipinski definition) is 3. The van der Waals surface area contributed by atoms with Crippen LogP contribution in [0.2, 0.25) is 0 Å². The van der Waals surface area contributed by atoms with E-state index in [2.05, 4.69) is 5.32 Å². The number of nitrogens with one attached hydrogen (secondary N) is 1. The van der Waals surface area contributed by atoms with Crippen molar-refractivity contribution in [1.29, 1.82) is 0 Å². The minimum absolute atomic E-state index is 0.142. The summed E-state index contributed by atoms with van der Waals surface area (Å²) in [6, 6.07) is 13.0. The monoisotopic (exact) mass is 344 g/mol. The molecular formula is C19H21FN2O3. The molecule has 0 saturated carbocycles. The molecule has 6 heteroatoms. The number of rotatable bonds is 7. The molecule has 0 bridgehead atoms. The number of halogens is 1. The highest BCUT2D eigenvalue weighted by atomic mass is 19.1. The van der Waals surface area contributed by atoms with Gasteiger partial charge in [0.25, 0.3) is 0 Å². The van der Waals surface area contributed by atoms with Crippen molar-refractivity contribution in [3.05, 3.63) is 59.9 Å². The van der Waals surface area contributed by atoms with Crippen LogP contribution in [0.4, 0.5) is 10.1 Å². The zero-order chi connectivity index (χ0) is 18.2. The van der Waals surface area contributed by atoms with Gasteiger partial charge in [-0.25, -0.2) is 4.39 Å². The Hall–Kier alpha value is -2.89. The average molecular weight is 344 g/mol. The molecule has 0 aliphatic heterocycles. The molecule has 0 saturated heterocycles. The van der Waals surface area contributed by atoms with Crippen LogP contribution >= 0.6 is 0 Å². The molecule has 2 amide bonds. The Morgan fingerprint density at radius 1 is 1.08 bits per heavy atom. The van der Waals surface area contributed by atoms with E-state index in [-0.39, 0.29) is 30.6 Å². The summed E-state index contributed by atoms with van der Waals surface area (Å²) < 4.78 is 17.9. The van der Waals surface area contributed by atoms with E-state index in [0.29, 0.717) is 18.0 Å². The SMILES string of the molecule is COc1ccc(N(CCC(=O)NCc2ccc(F)cc2)C(C)=O)cc1. The van der Waals surface area contributed by atoms with Gasteiger partial charge in [0.15, 0.2) is 0 Å². The first-order valence-corrected chi connectivity index (χ1v) is 7.93. The van der Waals surface area contributed by atoms with Crippen LogP contribution in [-0.4, -0.2) is 25.5 Å². The first kappa shape index (κ1) is 18.4. The summed E-state index contributed by atoms with van der Waals surface area (Å²) in [7, 11) is 1.57. The summed E-state index contributed by atoms with van der Waals surface area (Å²) in [5.41, 5.74) is 1.52. The quantitative estimate of drug-likeness (QED) is 0.840. The zero-order valence-electron chi connectivity index (χ0n) is 14.3. The zero-order valence-corrected chi connectivity index (χ0v) is 14.3. The van der Waals surface area contributed by atoms with Crippen LogP contribution in [0.25, 0.3) is 0 Å². The maximum atomic E-state index is 12.8. The molecule has 0 aliphatic rings. The fourth-order valence-corrected chi connectivity index (χ4v) is 2.34. The molecule has 1 N–H and O–H groups in total. The number of nitrogens with zero attached hydrogens (tertiary/aromatic N) is 1. The number of methoxy groups -OCH3 is 1. The minimum Gasteiger partial charge on any atom is -0.497 e. The highest BCUT2D eigenvalue weighted by Crippen LogP contribution is 2.19. The van der Waals surface area contributed by atoms with E-state index in [4.69, 9.17) is 4.74 Å². The van der Waals surface area contributed by atoms with Crippen molar-refractivity contribution in [1.82, 2.24) is 5.32 Å². The molecule has 25 heavy (non-hydrogen) atoms. The smallest absolute Gasteiger partial charge is 0.223 e. The lowest BCUT2D eigenvalue weighted by Gasteiger charge is -2.21. The molecule has 0 atom stereocenters. The van der Waals surface area contributed by atoms with Gasteiger partial charge in [-0.3, -0.25) is 9.59 Å². The van der Waals surface area contributed by atoms with Crippen LogP contribution < -0.4 is 15.0 Å². The third-order valence-corrected chi connectivity index (χ3v) is 3.73. The van der Waals surface area contributed by atoms with Crippen molar-refractivity contribution >= 4 is 17.5 Å². The predicted molar refractivity (Wildman–Crippen MR) is 93.9 cm³/mol. The van der Waals surface area contributed by atoms with E-state index >= 15 is 0 Å². The van der Waals surface area contributed by atoms with E-state index in [9.17, 15) is 14.0 Å². The second kappa shape index (κ2) is 8.82. The summed E-state index contributed by atoms with van der Waals surface area (Å²) >= 11 is 0. The molecule has 5 nitrogen and oxygen atoms in total. The summed E-state index contributed by atoms with van der Waals surface area (Å²) in [6.45, 7) is 2.05. The fourth-order valence-electron chi connectivity index (χ4n) is 2.34. The van der Waals surface area contributed by atoms with E-state index in [1.54, 1.807) is 43.5 Å². The Morgan fingerprint density at radius 2 is 1.72 bits per heavy atom. The molecule has 132 valence electrons. The number of anilines is 1. The lowest BCUT2D eigenvalue weighted by atomic mass is 10.2. The topological polar surface area (TPSA) is 58.6 Å². The number of carbonyl (C=O) groups is 2. The van der Waals surface area contributed by atoms with Crippen molar-refractivity contribution < 1.29 is 18.7 Å². The van der Waals surface area contributed by atoms with Gasteiger partial charge in [0.2, 0.25) is 11.8 Å². The third-order valence-electron chi connectivity index (χ3n) is 3.73. The van der Waals surface area contributed by atoms with Crippen LogP contribution in [0.15, 0.2) is 48.5 Å². The normalized spacial score (nSPS) is 10.2. The molecule has 2 aromatic carbocycles. The summed E-state index contributed by atoms with van der Waals surface area (Å²) in [5, 5.41) is 2.76. The van der Waals surface area contributed by atoms with Gasteiger partial charge < -0.3 is 15.0 Å². The van der Waals surface area contributed by atoms with Crippen molar-refractivity contribution in [2.75, 3.05) is 18.6 Å². The molecule has 0 fully saturated rings. The van der Waals surface area contributed by atoms with Crippen LogP contribution in [0, 0.1) is 5.82 Å². The van der Waals surface area contributed by atoms with Crippen molar-refractivity contribution in [3.63, 3.8) is 0 Å². The summed E-state index contributed by atoms with van der Waals surface area (Å²) in [4.78, 5) is 25.4. The molecule has 2 aromatic rings. The second-order valence-electron chi connectivity index (χ2n) is 5.52. The van der Waals surface area contributed by atoms with Gasteiger partial charge in [0, 0.05) is 32.1 Å². The summed E-state index contributed by atoms with van der Waals surface area (Å²) in [6.07, 6.45) is 0.173. The molecule has 0 aromatic heterocycles. The van der Waals surface area contributed by atoms with Crippen LogP contribution in [-0.2, 0) is 16.1 Å². The number of amides is 2. The standard InChI is InChI=1S/C19H21FN2O3/c1-14(23)22(17-7-9-18(25-2)10-8-17)12-11-19(24)21-13-15-3-5-16(20)6-4-15/h3-10H,11-13H2,1-2H3,(H,21,24). The van der Waals surface area contributed by atoms with Crippen LogP contribution in [0.1, 0.15) is 18.9 Å². The van der Waals surface area contributed by atoms with Crippen molar-refractivity contribution in [2.45, 2.75) is 19.9 Å². The molecule has 0 heterocycles. The van der Waals surface area contributed by atoms with Gasteiger partial charge in [-0.15, -0.1) is 0 Å². The maximum Gasteiger partial charge on any atom is 0.223 e. The van der Waals surface area contributed by atoms with Gasteiger partial charge in [-0.2, -0.15) is 0 Å². The van der Waals surface area contributed by atoms with Crippen molar-refractivity contribution in [2.24, 2.45) is 0 Å². The first-order valence-electron chi connectivity index (χ1n) is 7.93. The van der Waals surface area contributed by atoms with E-state index in [1.165, 1.54) is 24.0 Å². The van der Waals surface area contributed by atoms with Crippen LogP contribution in [0.5, 0.6) is 5.75 Å². The predicted octanol–water partition coefficient (Wildman–Crippen LogP) is 2.89. The lowest BCUT2D eigenvalue weighted by Crippen LogP contribution is -2.33. The van der Waals surface area contributed by atoms with Gasteiger partial charge in [0.05, 0.1) is 7.11 Å². The molecule has 0 spiro atoms. The molecule has 0 unspecified atom stereocenters. The fraction of sp³-hybridized carbons (Fsp3) is 0.263. The Bertz CT molecular complexity index is 714. The Balaban J connectivity index is 1.88. The first-order chi connectivity index (χ1) is 12.0. The largest absolute Gasteiger partial charge is 0.497 e. The number of ether oxygens (including phenoxy) is 1.